The lowest BCUT2D eigenvalue weighted by atomic mass is 10.0. The van der Waals surface area contributed by atoms with Crippen molar-refractivity contribution in [3.05, 3.63) is 65.7 Å². The monoisotopic (exact) mass is 364 g/mol. The average molecular weight is 364 g/mol. The molecule has 3 aromatic carbocycles. The highest BCUT2D eigenvalue weighted by molar-refractivity contribution is 5.89. The van der Waals surface area contributed by atoms with Crippen LogP contribution in [-0.2, 0) is 6.42 Å². The first kappa shape index (κ1) is 18.6. The number of hydrogen-bond acceptors (Lipinski definition) is 4. The van der Waals surface area contributed by atoms with Crippen LogP contribution < -0.4 is 18.9 Å². The van der Waals surface area contributed by atoms with Crippen LogP contribution in [0, 0.1) is 0 Å². The molecule has 140 valence electrons. The Kier molecular flexibility index (Phi) is 5.87. The minimum absolute atomic E-state index is 0.594. The van der Waals surface area contributed by atoms with Crippen LogP contribution in [0.1, 0.15) is 11.1 Å². The lowest BCUT2D eigenvalue weighted by Crippen LogP contribution is -1.95. The van der Waals surface area contributed by atoms with Crippen LogP contribution in [0.5, 0.6) is 23.0 Å². The van der Waals surface area contributed by atoms with Gasteiger partial charge in [0.2, 0.25) is 5.75 Å². The first-order chi connectivity index (χ1) is 13.2. The van der Waals surface area contributed by atoms with Gasteiger partial charge in [-0.3, -0.25) is 0 Å². The zero-order valence-corrected chi connectivity index (χ0v) is 16.1. The van der Waals surface area contributed by atoms with E-state index in [9.17, 15) is 0 Å². The van der Waals surface area contributed by atoms with Crippen molar-refractivity contribution in [3.8, 4) is 23.0 Å². The van der Waals surface area contributed by atoms with Gasteiger partial charge in [-0.1, -0.05) is 42.5 Å². The summed E-state index contributed by atoms with van der Waals surface area (Å²) >= 11 is 0. The first-order valence-electron chi connectivity index (χ1n) is 8.72. The van der Waals surface area contributed by atoms with Gasteiger partial charge in [-0.15, -0.1) is 0 Å². The Morgan fingerprint density at radius 1 is 0.741 bits per heavy atom. The van der Waals surface area contributed by atoms with E-state index in [4.69, 9.17) is 18.9 Å². The summed E-state index contributed by atoms with van der Waals surface area (Å²) in [5.41, 5.74) is 2.17. The van der Waals surface area contributed by atoms with Crippen LogP contribution in [0.15, 0.2) is 54.6 Å². The number of hydrogen-bond donors (Lipinski definition) is 0. The molecule has 0 amide bonds. The van der Waals surface area contributed by atoms with E-state index in [0.29, 0.717) is 17.2 Å². The third kappa shape index (κ3) is 4.00. The Morgan fingerprint density at radius 2 is 1.41 bits per heavy atom. The summed E-state index contributed by atoms with van der Waals surface area (Å²) in [6.07, 6.45) is 4.95. The molecule has 0 bridgehead atoms. The number of fused-ring (bicyclic) bond motifs is 1. The van der Waals surface area contributed by atoms with E-state index in [-0.39, 0.29) is 0 Å². The fraction of sp³-hybridized carbons (Fsp3) is 0.217. The third-order valence-corrected chi connectivity index (χ3v) is 4.45. The van der Waals surface area contributed by atoms with Crippen LogP contribution in [0.4, 0.5) is 0 Å². The molecule has 0 spiro atoms. The molecule has 0 radical (unpaired) electrons. The molecule has 0 aliphatic carbocycles. The SMILES string of the molecule is COc1cc(/C=C/Cc2cc(OC)c3ccccc3c2)cc(OC)c1OC. The topological polar surface area (TPSA) is 36.9 Å². The van der Waals surface area contributed by atoms with E-state index in [0.717, 1.165) is 23.1 Å². The lowest BCUT2D eigenvalue weighted by molar-refractivity contribution is 0.324. The van der Waals surface area contributed by atoms with Gasteiger partial charge >= 0.3 is 0 Å². The number of allylic oxidation sites excluding steroid dienone is 1. The highest BCUT2D eigenvalue weighted by Gasteiger charge is 2.12. The van der Waals surface area contributed by atoms with E-state index in [1.54, 1.807) is 28.4 Å². The Balaban J connectivity index is 1.86. The van der Waals surface area contributed by atoms with Crippen molar-refractivity contribution in [2.75, 3.05) is 28.4 Å². The largest absolute Gasteiger partial charge is 0.496 e. The number of benzene rings is 3. The first-order valence-corrected chi connectivity index (χ1v) is 8.72. The fourth-order valence-corrected chi connectivity index (χ4v) is 3.15. The Hall–Kier alpha value is -3.14. The summed E-state index contributed by atoms with van der Waals surface area (Å²) in [7, 11) is 6.54. The van der Waals surface area contributed by atoms with Crippen LogP contribution in [0.3, 0.4) is 0 Å². The molecular formula is C23H24O4. The zero-order chi connectivity index (χ0) is 19.2. The summed E-state index contributed by atoms with van der Waals surface area (Å²) < 4.78 is 21.7. The van der Waals surface area contributed by atoms with Crippen LogP contribution in [0.2, 0.25) is 0 Å². The third-order valence-electron chi connectivity index (χ3n) is 4.45. The van der Waals surface area contributed by atoms with Gasteiger partial charge in [-0.05, 0) is 41.1 Å². The maximum absolute atomic E-state index is 5.55. The highest BCUT2D eigenvalue weighted by Crippen LogP contribution is 2.38. The molecule has 0 aromatic heterocycles. The van der Waals surface area contributed by atoms with E-state index in [2.05, 4.69) is 30.3 Å². The molecule has 0 saturated heterocycles. The van der Waals surface area contributed by atoms with Gasteiger partial charge in [-0.25, -0.2) is 0 Å². The van der Waals surface area contributed by atoms with Gasteiger partial charge in [0, 0.05) is 5.39 Å². The van der Waals surface area contributed by atoms with Crippen LogP contribution in [-0.4, -0.2) is 28.4 Å². The predicted molar refractivity (Wildman–Crippen MR) is 109 cm³/mol. The smallest absolute Gasteiger partial charge is 0.203 e. The molecule has 0 N–H and O–H groups in total. The van der Waals surface area contributed by atoms with E-state index in [1.165, 1.54) is 10.9 Å². The van der Waals surface area contributed by atoms with Gasteiger partial charge in [0.1, 0.15) is 5.75 Å². The van der Waals surface area contributed by atoms with E-state index < -0.39 is 0 Å². The molecule has 0 unspecified atom stereocenters. The van der Waals surface area contributed by atoms with Crippen molar-refractivity contribution in [2.45, 2.75) is 6.42 Å². The summed E-state index contributed by atoms with van der Waals surface area (Å²) in [5, 5.41) is 2.30. The molecule has 27 heavy (non-hydrogen) atoms. The summed E-state index contributed by atoms with van der Waals surface area (Å²) in [4.78, 5) is 0. The van der Waals surface area contributed by atoms with Crippen LogP contribution >= 0.6 is 0 Å². The molecule has 0 atom stereocenters. The molecule has 0 fully saturated rings. The number of ether oxygens (including phenoxy) is 4. The molecule has 0 aliphatic heterocycles. The van der Waals surface area contributed by atoms with Crippen molar-refractivity contribution in [1.29, 1.82) is 0 Å². The second-order valence-corrected chi connectivity index (χ2v) is 6.08. The van der Waals surface area contributed by atoms with Crippen molar-refractivity contribution < 1.29 is 18.9 Å². The lowest BCUT2D eigenvalue weighted by Gasteiger charge is -2.12. The van der Waals surface area contributed by atoms with E-state index >= 15 is 0 Å². The molecule has 4 nitrogen and oxygen atoms in total. The standard InChI is InChI=1S/C23H24O4/c1-24-20-13-16(12-18-10-5-6-11-19(18)20)8-7-9-17-14-21(25-2)23(27-4)22(15-17)26-3/h5-7,9-15H,8H2,1-4H3/b9-7+. The van der Waals surface area contributed by atoms with Gasteiger partial charge in [0.05, 0.1) is 28.4 Å². The van der Waals surface area contributed by atoms with Gasteiger partial charge in [0.25, 0.3) is 0 Å². The summed E-state index contributed by atoms with van der Waals surface area (Å²) in [6.45, 7) is 0. The summed E-state index contributed by atoms with van der Waals surface area (Å²) in [5.74, 6) is 2.77. The molecule has 3 aromatic rings. The minimum Gasteiger partial charge on any atom is -0.496 e. The number of methoxy groups -OCH3 is 4. The predicted octanol–water partition coefficient (Wildman–Crippen LogP) is 5.13. The second-order valence-electron chi connectivity index (χ2n) is 6.08. The quantitative estimate of drug-likeness (QED) is 0.582. The van der Waals surface area contributed by atoms with Crippen molar-refractivity contribution in [3.63, 3.8) is 0 Å². The molecule has 3 rings (SSSR count). The van der Waals surface area contributed by atoms with Crippen molar-refractivity contribution in [2.24, 2.45) is 0 Å². The molecule has 0 aliphatic rings. The number of rotatable bonds is 7. The van der Waals surface area contributed by atoms with Gasteiger partial charge in [-0.2, -0.15) is 0 Å². The molecule has 0 heterocycles. The highest BCUT2D eigenvalue weighted by atomic mass is 16.5. The molecule has 0 saturated carbocycles. The molecule has 4 heteroatoms. The van der Waals surface area contributed by atoms with Crippen LogP contribution in [0.25, 0.3) is 16.8 Å². The Labute approximate surface area is 159 Å². The maximum Gasteiger partial charge on any atom is 0.203 e. The normalized spacial score (nSPS) is 11.0. The zero-order valence-electron chi connectivity index (χ0n) is 16.1. The van der Waals surface area contributed by atoms with Crippen molar-refractivity contribution >= 4 is 16.8 Å². The minimum atomic E-state index is 0.594. The van der Waals surface area contributed by atoms with Gasteiger partial charge in [0.15, 0.2) is 11.5 Å². The van der Waals surface area contributed by atoms with Crippen molar-refractivity contribution in [1.82, 2.24) is 0 Å². The molecular weight excluding hydrogens is 340 g/mol. The summed E-state index contributed by atoms with van der Waals surface area (Å²) in [6, 6.07) is 16.4. The fourth-order valence-electron chi connectivity index (χ4n) is 3.15. The maximum atomic E-state index is 5.55. The van der Waals surface area contributed by atoms with Gasteiger partial charge < -0.3 is 18.9 Å². The average Bonchev–Trinajstić information content (AvgIpc) is 2.72. The second kappa shape index (κ2) is 8.49. The Morgan fingerprint density at radius 3 is 2.04 bits per heavy atom. The van der Waals surface area contributed by atoms with E-state index in [1.807, 2.05) is 30.3 Å². The Bertz CT molecular complexity index is 935.